The lowest BCUT2D eigenvalue weighted by Crippen LogP contribution is -2.41. The fourth-order valence-electron chi connectivity index (χ4n) is 5.08. The van der Waals surface area contributed by atoms with Crippen LogP contribution in [-0.2, 0) is 19.1 Å². The predicted molar refractivity (Wildman–Crippen MR) is 139 cm³/mol. The van der Waals surface area contributed by atoms with Crippen LogP contribution in [0.2, 0.25) is 0 Å². The molecule has 10 heteroatoms. The molecular formula is C27H35N5O5. The summed E-state index contributed by atoms with van der Waals surface area (Å²) in [5.41, 5.74) is 2.62. The first kappa shape index (κ1) is 25.6. The molecule has 5 rings (SSSR count). The van der Waals surface area contributed by atoms with Crippen LogP contribution in [0.5, 0.6) is 0 Å². The molecule has 0 aromatic heterocycles. The molecule has 2 fully saturated rings. The average molecular weight is 510 g/mol. The number of ketones is 1. The molecule has 3 aliphatic heterocycles. The maximum absolute atomic E-state index is 13.1. The van der Waals surface area contributed by atoms with Crippen LogP contribution in [0.1, 0.15) is 23.2 Å². The SMILES string of the molecule is O=C(CCN1CCOCC1)NC1=CC2Nc3cc(NC(=O)CCN4CCOCC4)ccc3C(=O)C2C=C1. The van der Waals surface area contributed by atoms with Crippen molar-refractivity contribution in [2.45, 2.75) is 18.9 Å². The van der Waals surface area contributed by atoms with Gasteiger partial charge in [0.25, 0.3) is 0 Å². The molecule has 0 saturated carbocycles. The third kappa shape index (κ3) is 6.64. The number of carbonyl (C=O) groups excluding carboxylic acids is 3. The van der Waals surface area contributed by atoms with Gasteiger partial charge >= 0.3 is 0 Å². The maximum Gasteiger partial charge on any atom is 0.225 e. The van der Waals surface area contributed by atoms with E-state index in [2.05, 4.69) is 25.8 Å². The second-order valence-corrected chi connectivity index (χ2v) is 9.81. The Kier molecular flexibility index (Phi) is 8.30. The smallest absolute Gasteiger partial charge is 0.225 e. The second-order valence-electron chi connectivity index (χ2n) is 9.81. The van der Waals surface area contributed by atoms with Crippen molar-refractivity contribution in [1.82, 2.24) is 15.1 Å². The van der Waals surface area contributed by atoms with Gasteiger partial charge in [-0.05, 0) is 30.4 Å². The molecule has 37 heavy (non-hydrogen) atoms. The minimum atomic E-state index is -0.338. The molecule has 10 nitrogen and oxygen atoms in total. The number of hydrogen-bond acceptors (Lipinski definition) is 8. The number of morpholine rings is 2. The molecule has 1 aromatic carbocycles. The zero-order chi connectivity index (χ0) is 25.6. The Bertz CT molecular complexity index is 1070. The quantitative estimate of drug-likeness (QED) is 0.480. The van der Waals surface area contributed by atoms with E-state index in [4.69, 9.17) is 9.47 Å². The molecule has 198 valence electrons. The van der Waals surface area contributed by atoms with Gasteiger partial charge < -0.3 is 25.4 Å². The number of nitrogens with zero attached hydrogens (tertiary/aromatic N) is 2. The van der Waals surface area contributed by atoms with Crippen LogP contribution in [0.25, 0.3) is 0 Å². The van der Waals surface area contributed by atoms with Gasteiger partial charge in [0.05, 0.1) is 38.4 Å². The predicted octanol–water partition coefficient (Wildman–Crippen LogP) is 1.23. The molecule has 2 atom stereocenters. The molecule has 1 aromatic rings. The third-order valence-electron chi connectivity index (χ3n) is 7.22. The Balaban J connectivity index is 1.16. The van der Waals surface area contributed by atoms with Gasteiger partial charge in [-0.25, -0.2) is 0 Å². The van der Waals surface area contributed by atoms with Crippen LogP contribution in [-0.4, -0.2) is 99.1 Å². The first-order chi connectivity index (χ1) is 18.0. The van der Waals surface area contributed by atoms with Crippen molar-refractivity contribution in [3.63, 3.8) is 0 Å². The van der Waals surface area contributed by atoms with Gasteiger partial charge in [-0.1, -0.05) is 6.08 Å². The topological polar surface area (TPSA) is 112 Å². The first-order valence-corrected chi connectivity index (χ1v) is 13.1. The monoisotopic (exact) mass is 509 g/mol. The highest BCUT2D eigenvalue weighted by atomic mass is 16.5. The first-order valence-electron chi connectivity index (χ1n) is 13.1. The maximum atomic E-state index is 13.1. The molecule has 1 aliphatic carbocycles. The van der Waals surface area contributed by atoms with Gasteiger partial charge in [-0.3, -0.25) is 24.2 Å². The van der Waals surface area contributed by atoms with Gasteiger partial charge in [-0.2, -0.15) is 0 Å². The zero-order valence-corrected chi connectivity index (χ0v) is 21.0. The van der Waals surface area contributed by atoms with Crippen molar-refractivity contribution in [2.24, 2.45) is 5.92 Å². The number of anilines is 2. The Hall–Kier alpha value is -3.05. The number of amides is 2. The molecular weight excluding hydrogens is 474 g/mol. The molecule has 2 amide bonds. The summed E-state index contributed by atoms with van der Waals surface area (Å²) in [7, 11) is 0. The van der Waals surface area contributed by atoms with E-state index in [0.29, 0.717) is 75.0 Å². The molecule has 0 spiro atoms. The number of nitrogens with one attached hydrogen (secondary N) is 3. The summed E-state index contributed by atoms with van der Waals surface area (Å²) in [6, 6.07) is 5.07. The van der Waals surface area contributed by atoms with E-state index in [1.54, 1.807) is 18.2 Å². The summed E-state index contributed by atoms with van der Waals surface area (Å²) in [5.74, 6) is -0.427. The highest BCUT2D eigenvalue weighted by molar-refractivity contribution is 6.07. The summed E-state index contributed by atoms with van der Waals surface area (Å²) in [4.78, 5) is 42.6. The van der Waals surface area contributed by atoms with Gasteiger partial charge in [0.1, 0.15) is 0 Å². The number of Topliss-reactive ketones (excluding diaryl/α,β-unsaturated/α-hetero) is 1. The van der Waals surface area contributed by atoms with Crippen LogP contribution in [0.15, 0.2) is 42.1 Å². The number of allylic oxidation sites excluding steroid dienone is 1. The van der Waals surface area contributed by atoms with Gasteiger partial charge in [-0.15, -0.1) is 0 Å². The van der Waals surface area contributed by atoms with Crippen molar-refractivity contribution in [2.75, 3.05) is 76.3 Å². The van der Waals surface area contributed by atoms with E-state index < -0.39 is 0 Å². The van der Waals surface area contributed by atoms with E-state index in [-0.39, 0.29) is 29.6 Å². The number of benzene rings is 1. The standard InChI is InChI=1S/C27H35N5O5/c33-25(5-7-31-9-13-36-14-10-31)28-19-1-3-21-23(17-19)30-24-18-20(2-4-22(24)27(21)35)29-26(34)6-8-32-11-15-37-16-12-32/h1-4,17-18,21,23,30H,5-16H2,(H,28,33)(H,29,34). The molecule has 0 radical (unpaired) electrons. The molecule has 0 bridgehead atoms. The van der Waals surface area contributed by atoms with Crippen LogP contribution < -0.4 is 16.0 Å². The van der Waals surface area contributed by atoms with Crippen molar-refractivity contribution < 1.29 is 23.9 Å². The number of rotatable bonds is 8. The third-order valence-corrected chi connectivity index (χ3v) is 7.22. The van der Waals surface area contributed by atoms with Crippen molar-refractivity contribution in [3.05, 3.63) is 47.7 Å². The Morgan fingerprint density at radius 3 is 2.19 bits per heavy atom. The highest BCUT2D eigenvalue weighted by Crippen LogP contribution is 2.34. The Morgan fingerprint density at radius 1 is 0.919 bits per heavy atom. The lowest BCUT2D eigenvalue weighted by atomic mass is 9.83. The van der Waals surface area contributed by atoms with Crippen molar-refractivity contribution in [3.8, 4) is 0 Å². The molecule has 4 aliphatic rings. The fraction of sp³-hybridized carbons (Fsp3) is 0.519. The van der Waals surface area contributed by atoms with E-state index in [0.717, 1.165) is 26.2 Å². The van der Waals surface area contributed by atoms with Gasteiger partial charge in [0.2, 0.25) is 11.8 Å². The van der Waals surface area contributed by atoms with Crippen LogP contribution >= 0.6 is 0 Å². The van der Waals surface area contributed by atoms with Gasteiger partial charge in [0.15, 0.2) is 5.78 Å². The molecule has 2 saturated heterocycles. The Morgan fingerprint density at radius 2 is 1.54 bits per heavy atom. The van der Waals surface area contributed by atoms with E-state index in [9.17, 15) is 14.4 Å². The minimum Gasteiger partial charge on any atom is -0.379 e. The fourth-order valence-corrected chi connectivity index (χ4v) is 5.08. The normalized spacial score (nSPS) is 23.9. The zero-order valence-electron chi connectivity index (χ0n) is 21.0. The minimum absolute atomic E-state index is 0.0223. The number of ether oxygens (including phenoxy) is 2. The van der Waals surface area contributed by atoms with E-state index in [1.807, 2.05) is 18.2 Å². The largest absolute Gasteiger partial charge is 0.379 e. The van der Waals surface area contributed by atoms with Crippen LogP contribution in [0, 0.1) is 5.92 Å². The lowest BCUT2D eigenvalue weighted by Gasteiger charge is -2.33. The van der Waals surface area contributed by atoms with Crippen LogP contribution in [0.3, 0.4) is 0 Å². The summed E-state index contributed by atoms with van der Waals surface area (Å²) < 4.78 is 10.7. The number of fused-ring (bicyclic) bond motifs is 2. The average Bonchev–Trinajstić information content (AvgIpc) is 2.92. The van der Waals surface area contributed by atoms with Gasteiger partial charge in [0, 0.05) is 74.7 Å². The summed E-state index contributed by atoms with van der Waals surface area (Å²) in [6.07, 6.45) is 6.36. The summed E-state index contributed by atoms with van der Waals surface area (Å²) >= 11 is 0. The molecule has 3 N–H and O–H groups in total. The summed E-state index contributed by atoms with van der Waals surface area (Å²) in [6.45, 7) is 7.61. The van der Waals surface area contributed by atoms with E-state index in [1.165, 1.54) is 0 Å². The second kappa shape index (κ2) is 12.0. The molecule has 2 unspecified atom stereocenters. The lowest BCUT2D eigenvalue weighted by molar-refractivity contribution is -0.121. The number of carbonyl (C=O) groups is 3. The van der Waals surface area contributed by atoms with E-state index >= 15 is 0 Å². The van der Waals surface area contributed by atoms with Crippen LogP contribution in [0.4, 0.5) is 11.4 Å². The highest BCUT2D eigenvalue weighted by Gasteiger charge is 2.34. The van der Waals surface area contributed by atoms with Crippen molar-refractivity contribution in [1.29, 1.82) is 0 Å². The Labute approximate surface area is 217 Å². The molecule has 3 heterocycles. The number of hydrogen-bond donors (Lipinski definition) is 3. The van der Waals surface area contributed by atoms with Crippen molar-refractivity contribution >= 4 is 29.0 Å². The summed E-state index contributed by atoms with van der Waals surface area (Å²) in [5, 5.41) is 9.33.